The lowest BCUT2D eigenvalue weighted by Crippen LogP contribution is -2.35. The summed E-state index contributed by atoms with van der Waals surface area (Å²) in [6.45, 7) is 5.43. The number of benzene rings is 1. The van der Waals surface area contributed by atoms with Gasteiger partial charge in [0.15, 0.2) is 0 Å². The minimum absolute atomic E-state index is 0.0953. The summed E-state index contributed by atoms with van der Waals surface area (Å²) in [5, 5.41) is 2.89. The standard InChI is InChI=1S/C18H29N3O/c1-2-7-17(19)18(22)20-16-10-8-15(9-11-16)14-21-12-5-3-4-6-13-21/h8-11,17H,2-7,12-14,19H2,1H3,(H,20,22). The van der Waals surface area contributed by atoms with Crippen LogP contribution in [0.4, 0.5) is 5.69 Å². The van der Waals surface area contributed by atoms with Crippen LogP contribution in [0.1, 0.15) is 51.0 Å². The predicted octanol–water partition coefficient (Wildman–Crippen LogP) is 3.13. The number of rotatable bonds is 6. The molecule has 1 fully saturated rings. The lowest BCUT2D eigenvalue weighted by Gasteiger charge is -2.20. The van der Waals surface area contributed by atoms with Gasteiger partial charge in [-0.1, -0.05) is 38.3 Å². The number of nitrogens with zero attached hydrogens (tertiary/aromatic N) is 1. The van der Waals surface area contributed by atoms with Gasteiger partial charge in [0.1, 0.15) is 0 Å². The summed E-state index contributed by atoms with van der Waals surface area (Å²) < 4.78 is 0. The van der Waals surface area contributed by atoms with Gasteiger partial charge in [-0.05, 0) is 50.0 Å². The van der Waals surface area contributed by atoms with E-state index in [-0.39, 0.29) is 5.91 Å². The second kappa shape index (κ2) is 8.91. The Balaban J connectivity index is 1.85. The zero-order valence-corrected chi connectivity index (χ0v) is 13.7. The Morgan fingerprint density at radius 2 is 1.82 bits per heavy atom. The van der Waals surface area contributed by atoms with E-state index in [0.717, 1.165) is 25.1 Å². The monoisotopic (exact) mass is 303 g/mol. The fourth-order valence-electron chi connectivity index (χ4n) is 2.92. The lowest BCUT2D eigenvalue weighted by atomic mass is 10.1. The van der Waals surface area contributed by atoms with Gasteiger partial charge in [-0.2, -0.15) is 0 Å². The van der Waals surface area contributed by atoms with E-state index in [2.05, 4.69) is 22.3 Å². The SMILES string of the molecule is CCCC(N)C(=O)Nc1ccc(CN2CCCCCC2)cc1. The van der Waals surface area contributed by atoms with Crippen molar-refractivity contribution in [1.29, 1.82) is 0 Å². The highest BCUT2D eigenvalue weighted by Gasteiger charge is 2.13. The molecule has 1 aliphatic rings. The average Bonchev–Trinajstić information content (AvgIpc) is 2.78. The van der Waals surface area contributed by atoms with Gasteiger partial charge < -0.3 is 11.1 Å². The summed E-state index contributed by atoms with van der Waals surface area (Å²) in [5.41, 5.74) is 7.96. The maximum atomic E-state index is 11.9. The van der Waals surface area contributed by atoms with Crippen molar-refractivity contribution in [3.63, 3.8) is 0 Å². The summed E-state index contributed by atoms with van der Waals surface area (Å²) in [7, 11) is 0. The fourth-order valence-corrected chi connectivity index (χ4v) is 2.92. The maximum Gasteiger partial charge on any atom is 0.241 e. The number of nitrogens with one attached hydrogen (secondary N) is 1. The van der Waals surface area contributed by atoms with Gasteiger partial charge >= 0.3 is 0 Å². The Morgan fingerprint density at radius 1 is 1.18 bits per heavy atom. The van der Waals surface area contributed by atoms with Crippen molar-refractivity contribution in [3.05, 3.63) is 29.8 Å². The number of hydrogen-bond acceptors (Lipinski definition) is 3. The number of amides is 1. The van der Waals surface area contributed by atoms with Crippen LogP contribution < -0.4 is 11.1 Å². The van der Waals surface area contributed by atoms with Crippen molar-refractivity contribution in [2.75, 3.05) is 18.4 Å². The van der Waals surface area contributed by atoms with Gasteiger partial charge in [0.25, 0.3) is 0 Å². The van der Waals surface area contributed by atoms with Crippen LogP contribution in [0.25, 0.3) is 0 Å². The van der Waals surface area contributed by atoms with Crippen LogP contribution in [0.3, 0.4) is 0 Å². The molecule has 1 aromatic rings. The molecule has 0 bridgehead atoms. The van der Waals surface area contributed by atoms with Crippen LogP contribution in [-0.2, 0) is 11.3 Å². The molecule has 1 atom stereocenters. The number of carbonyl (C=O) groups excluding carboxylic acids is 1. The predicted molar refractivity (Wildman–Crippen MR) is 91.7 cm³/mol. The van der Waals surface area contributed by atoms with E-state index in [1.54, 1.807) is 0 Å². The smallest absolute Gasteiger partial charge is 0.241 e. The van der Waals surface area contributed by atoms with E-state index < -0.39 is 6.04 Å². The highest BCUT2D eigenvalue weighted by molar-refractivity contribution is 5.94. The zero-order chi connectivity index (χ0) is 15.8. The molecule has 4 heteroatoms. The van der Waals surface area contributed by atoms with Crippen molar-refractivity contribution < 1.29 is 4.79 Å². The second-order valence-electron chi connectivity index (χ2n) is 6.27. The van der Waals surface area contributed by atoms with Gasteiger partial charge in [0, 0.05) is 12.2 Å². The van der Waals surface area contributed by atoms with Gasteiger partial charge in [0.2, 0.25) is 5.91 Å². The fraction of sp³-hybridized carbons (Fsp3) is 0.611. The average molecular weight is 303 g/mol. The molecule has 0 saturated carbocycles. The number of nitrogens with two attached hydrogens (primary N) is 1. The number of hydrogen-bond donors (Lipinski definition) is 2. The Labute approximate surface area is 134 Å². The summed E-state index contributed by atoms with van der Waals surface area (Å²) in [6, 6.07) is 7.74. The van der Waals surface area contributed by atoms with E-state index in [9.17, 15) is 4.79 Å². The molecular weight excluding hydrogens is 274 g/mol. The minimum Gasteiger partial charge on any atom is -0.325 e. The summed E-state index contributed by atoms with van der Waals surface area (Å²) in [4.78, 5) is 14.4. The van der Waals surface area contributed by atoms with Gasteiger partial charge in [-0.25, -0.2) is 0 Å². The zero-order valence-electron chi connectivity index (χ0n) is 13.7. The van der Waals surface area contributed by atoms with Crippen LogP contribution in [0.5, 0.6) is 0 Å². The first-order valence-corrected chi connectivity index (χ1v) is 8.57. The van der Waals surface area contributed by atoms with Crippen LogP contribution in [0.2, 0.25) is 0 Å². The molecule has 0 aliphatic carbocycles. The normalized spacial score (nSPS) is 17.7. The molecule has 1 aliphatic heterocycles. The molecule has 1 saturated heterocycles. The number of carbonyl (C=O) groups is 1. The molecule has 0 spiro atoms. The molecule has 22 heavy (non-hydrogen) atoms. The molecule has 0 radical (unpaired) electrons. The second-order valence-corrected chi connectivity index (χ2v) is 6.27. The summed E-state index contributed by atoms with van der Waals surface area (Å²) in [6.07, 6.45) is 6.98. The molecule has 1 amide bonds. The first kappa shape index (κ1) is 17.0. The maximum absolute atomic E-state index is 11.9. The van der Waals surface area contributed by atoms with Gasteiger partial charge in [0.05, 0.1) is 6.04 Å². The first-order valence-electron chi connectivity index (χ1n) is 8.57. The minimum atomic E-state index is -0.415. The Hall–Kier alpha value is -1.39. The van der Waals surface area contributed by atoms with E-state index in [1.165, 1.54) is 44.3 Å². The largest absolute Gasteiger partial charge is 0.325 e. The molecule has 0 aromatic heterocycles. The number of likely N-dealkylation sites (tertiary alicyclic amines) is 1. The Morgan fingerprint density at radius 3 is 2.41 bits per heavy atom. The topological polar surface area (TPSA) is 58.4 Å². The van der Waals surface area contributed by atoms with Crippen LogP contribution in [0.15, 0.2) is 24.3 Å². The molecule has 1 heterocycles. The first-order chi connectivity index (χ1) is 10.7. The highest BCUT2D eigenvalue weighted by Crippen LogP contribution is 2.15. The number of anilines is 1. The third-order valence-electron chi connectivity index (χ3n) is 4.26. The van der Waals surface area contributed by atoms with E-state index in [4.69, 9.17) is 5.73 Å². The molecule has 1 unspecified atom stereocenters. The summed E-state index contributed by atoms with van der Waals surface area (Å²) >= 11 is 0. The highest BCUT2D eigenvalue weighted by atomic mass is 16.2. The van der Waals surface area contributed by atoms with Crippen LogP contribution >= 0.6 is 0 Å². The molecular formula is C18H29N3O. The molecule has 4 nitrogen and oxygen atoms in total. The van der Waals surface area contributed by atoms with Crippen molar-refractivity contribution in [1.82, 2.24) is 4.90 Å². The van der Waals surface area contributed by atoms with E-state index in [0.29, 0.717) is 0 Å². The third-order valence-corrected chi connectivity index (χ3v) is 4.26. The van der Waals surface area contributed by atoms with Gasteiger partial charge in [-0.15, -0.1) is 0 Å². The van der Waals surface area contributed by atoms with Crippen molar-refractivity contribution in [3.8, 4) is 0 Å². The Bertz CT molecular complexity index is 450. The lowest BCUT2D eigenvalue weighted by molar-refractivity contribution is -0.117. The summed E-state index contributed by atoms with van der Waals surface area (Å²) in [5.74, 6) is -0.0953. The van der Waals surface area contributed by atoms with Gasteiger partial charge in [-0.3, -0.25) is 9.69 Å². The Kier molecular flexibility index (Phi) is 6.87. The molecule has 3 N–H and O–H groups in total. The third kappa shape index (κ3) is 5.43. The van der Waals surface area contributed by atoms with Crippen molar-refractivity contribution in [2.45, 2.75) is 58.0 Å². The van der Waals surface area contributed by atoms with Crippen molar-refractivity contribution >= 4 is 11.6 Å². The van der Waals surface area contributed by atoms with Crippen molar-refractivity contribution in [2.24, 2.45) is 5.73 Å². The van der Waals surface area contributed by atoms with E-state index >= 15 is 0 Å². The molecule has 122 valence electrons. The molecule has 1 aromatic carbocycles. The van der Waals surface area contributed by atoms with Crippen LogP contribution in [0, 0.1) is 0 Å². The van der Waals surface area contributed by atoms with E-state index in [1.807, 2.05) is 19.1 Å². The molecule has 2 rings (SSSR count). The van der Waals surface area contributed by atoms with Crippen LogP contribution in [-0.4, -0.2) is 29.9 Å². The quantitative estimate of drug-likeness (QED) is 0.849.